The first-order chi connectivity index (χ1) is 22.9. The van der Waals surface area contributed by atoms with Gasteiger partial charge in [-0.25, -0.2) is 4.98 Å². The van der Waals surface area contributed by atoms with Gasteiger partial charge in [0, 0.05) is 38.8 Å². The topological polar surface area (TPSA) is 140 Å². The van der Waals surface area contributed by atoms with E-state index in [-0.39, 0.29) is 54.9 Å². The molecule has 254 valence electrons. The standard InChI is InChI=1S/C32H33Cl2F3N8O3/c1-44-25-11-24(45-13-16-8-17(16)14-45)20(29(47)39-19-5-3-18(4-6-19)32(35,36)37)9-22(25)40-31(44)41-28-21(33)7-2-15(27(28)34)12-38-30(48)23-10-26(46)43-42-23/h2,7,9-11,16-19H,3-6,8,12-14H2,1H3,(H,38,48)(H,39,47)(H,40,41)(H2,42,43,46). The average Bonchev–Trinajstić information content (AvgIpc) is 3.32. The van der Waals surface area contributed by atoms with E-state index >= 15 is 0 Å². The van der Waals surface area contributed by atoms with Gasteiger partial charge in [0.15, 0.2) is 0 Å². The number of rotatable bonds is 8. The van der Waals surface area contributed by atoms with E-state index in [9.17, 15) is 27.6 Å². The van der Waals surface area contributed by atoms with Crippen molar-refractivity contribution < 1.29 is 22.8 Å². The summed E-state index contributed by atoms with van der Waals surface area (Å²) in [4.78, 5) is 44.5. The quantitative estimate of drug-likeness (QED) is 0.155. The second kappa shape index (κ2) is 12.4. The number of hydrogen-bond acceptors (Lipinski definition) is 6. The van der Waals surface area contributed by atoms with E-state index in [4.69, 9.17) is 28.2 Å². The van der Waals surface area contributed by atoms with Crippen molar-refractivity contribution in [2.24, 2.45) is 24.8 Å². The van der Waals surface area contributed by atoms with Gasteiger partial charge >= 0.3 is 6.18 Å². The van der Waals surface area contributed by atoms with E-state index in [2.05, 4.69) is 31.0 Å². The highest BCUT2D eigenvalue weighted by molar-refractivity contribution is 6.39. The first kappa shape index (κ1) is 32.4. The Labute approximate surface area is 282 Å². The van der Waals surface area contributed by atoms with Gasteiger partial charge in [0.05, 0.1) is 43.9 Å². The number of aromatic nitrogens is 4. The summed E-state index contributed by atoms with van der Waals surface area (Å²) in [6, 6.07) is 7.80. The maximum absolute atomic E-state index is 13.7. The van der Waals surface area contributed by atoms with Gasteiger partial charge in [-0.2, -0.15) is 13.2 Å². The lowest BCUT2D eigenvalue weighted by Crippen LogP contribution is -2.40. The zero-order valence-corrected chi connectivity index (χ0v) is 27.3. The summed E-state index contributed by atoms with van der Waals surface area (Å²) in [5, 5.41) is 14.3. The molecule has 3 aliphatic rings. The molecule has 2 amide bonds. The number of fused-ring (bicyclic) bond motifs is 2. The number of anilines is 3. The van der Waals surface area contributed by atoms with Gasteiger partial charge in [-0.1, -0.05) is 29.3 Å². The van der Waals surface area contributed by atoms with Crippen LogP contribution in [0.5, 0.6) is 0 Å². The summed E-state index contributed by atoms with van der Waals surface area (Å²) >= 11 is 13.3. The predicted molar refractivity (Wildman–Crippen MR) is 176 cm³/mol. The summed E-state index contributed by atoms with van der Waals surface area (Å²) in [6.07, 6.45) is -2.50. The summed E-state index contributed by atoms with van der Waals surface area (Å²) in [5.41, 5.74) is 3.07. The van der Waals surface area contributed by atoms with Gasteiger partial charge in [-0.05, 0) is 67.7 Å². The van der Waals surface area contributed by atoms with Gasteiger partial charge in [0.2, 0.25) is 5.95 Å². The van der Waals surface area contributed by atoms with Gasteiger partial charge in [0.25, 0.3) is 17.4 Å². The van der Waals surface area contributed by atoms with Crippen molar-refractivity contribution in [1.82, 2.24) is 30.4 Å². The van der Waals surface area contributed by atoms with Crippen LogP contribution in [0.25, 0.3) is 11.0 Å². The molecule has 0 spiro atoms. The molecule has 2 aromatic heterocycles. The SMILES string of the molecule is Cn1c(Nc2c(Cl)ccc(CNC(=O)c3cc(=O)[nH][nH]3)c2Cl)nc2cc(C(=O)NC3CCC(C(F)(F)F)CC3)c(N3CC4CC4C3)cc21. The van der Waals surface area contributed by atoms with E-state index < -0.39 is 23.6 Å². The fourth-order valence-electron chi connectivity index (χ4n) is 6.89. The number of halogens is 5. The molecule has 4 aromatic rings. The number of carbonyl (C=O) groups is 2. The molecule has 7 rings (SSSR count). The lowest BCUT2D eigenvalue weighted by atomic mass is 9.85. The molecular weight excluding hydrogens is 672 g/mol. The Hall–Kier alpha value is -4.17. The molecule has 2 aliphatic carbocycles. The molecular formula is C32H33Cl2F3N8O3. The molecule has 3 heterocycles. The molecule has 0 radical (unpaired) electrons. The maximum atomic E-state index is 13.7. The monoisotopic (exact) mass is 704 g/mol. The maximum Gasteiger partial charge on any atom is 0.391 e. The van der Waals surface area contributed by atoms with Crippen LogP contribution in [0.4, 0.5) is 30.5 Å². The summed E-state index contributed by atoms with van der Waals surface area (Å²) in [6.45, 7) is 1.73. The minimum absolute atomic E-state index is 0.00242. The normalized spacial score (nSPS) is 22.1. The second-order valence-electron chi connectivity index (χ2n) is 13.0. The minimum Gasteiger partial charge on any atom is -0.370 e. The van der Waals surface area contributed by atoms with Crippen LogP contribution in [-0.2, 0) is 13.6 Å². The Morgan fingerprint density at radius 2 is 1.75 bits per heavy atom. The number of nitrogens with zero attached hydrogens (tertiary/aromatic N) is 3. The van der Waals surface area contributed by atoms with E-state index in [1.54, 1.807) is 18.2 Å². The molecule has 5 N–H and O–H groups in total. The van der Waals surface area contributed by atoms with Crippen molar-refractivity contribution in [3.05, 3.63) is 67.6 Å². The first-order valence-electron chi connectivity index (χ1n) is 15.8. The van der Waals surface area contributed by atoms with Crippen molar-refractivity contribution in [3.8, 4) is 0 Å². The van der Waals surface area contributed by atoms with Crippen LogP contribution in [0.15, 0.2) is 35.1 Å². The van der Waals surface area contributed by atoms with E-state index in [1.165, 1.54) is 6.42 Å². The number of aromatic amines is 2. The molecule has 48 heavy (non-hydrogen) atoms. The lowest BCUT2D eigenvalue weighted by molar-refractivity contribution is -0.182. The molecule has 1 saturated heterocycles. The molecule has 1 aliphatic heterocycles. The number of piperidine rings is 1. The summed E-state index contributed by atoms with van der Waals surface area (Å²) < 4.78 is 41.5. The fourth-order valence-corrected chi connectivity index (χ4v) is 7.42. The van der Waals surface area contributed by atoms with Crippen LogP contribution in [0.3, 0.4) is 0 Å². The molecule has 3 fully saturated rings. The van der Waals surface area contributed by atoms with E-state index in [1.807, 2.05) is 17.7 Å². The van der Waals surface area contributed by atoms with Crippen LogP contribution in [0.2, 0.25) is 10.0 Å². The number of carbonyl (C=O) groups excluding carboxylic acids is 2. The van der Waals surface area contributed by atoms with Crippen molar-refractivity contribution in [3.63, 3.8) is 0 Å². The van der Waals surface area contributed by atoms with Crippen LogP contribution >= 0.6 is 23.2 Å². The van der Waals surface area contributed by atoms with Crippen molar-refractivity contribution >= 4 is 63.4 Å². The molecule has 2 aromatic carbocycles. The summed E-state index contributed by atoms with van der Waals surface area (Å²) in [7, 11) is 1.82. The molecule has 11 nitrogen and oxygen atoms in total. The molecule has 2 atom stereocenters. The highest BCUT2D eigenvalue weighted by atomic mass is 35.5. The molecule has 16 heteroatoms. The second-order valence-corrected chi connectivity index (χ2v) is 13.7. The molecule has 2 saturated carbocycles. The zero-order valence-electron chi connectivity index (χ0n) is 25.8. The highest BCUT2D eigenvalue weighted by Gasteiger charge is 2.46. The van der Waals surface area contributed by atoms with E-state index in [0.29, 0.717) is 45.1 Å². The van der Waals surface area contributed by atoms with E-state index in [0.717, 1.165) is 30.4 Å². The van der Waals surface area contributed by atoms with Gasteiger partial charge < -0.3 is 25.4 Å². The Morgan fingerprint density at radius 1 is 1.02 bits per heavy atom. The third kappa shape index (κ3) is 6.35. The lowest BCUT2D eigenvalue weighted by Gasteiger charge is -2.31. The van der Waals surface area contributed by atoms with Crippen LogP contribution in [0, 0.1) is 17.8 Å². The number of imidazole rings is 1. The average molecular weight is 706 g/mol. The van der Waals surface area contributed by atoms with Crippen LogP contribution in [0.1, 0.15) is 58.5 Å². The molecule has 2 unspecified atom stereocenters. The number of hydrogen-bond donors (Lipinski definition) is 5. The van der Waals surface area contributed by atoms with Crippen molar-refractivity contribution in [2.75, 3.05) is 23.3 Å². The van der Waals surface area contributed by atoms with Crippen molar-refractivity contribution in [2.45, 2.75) is 50.9 Å². The fraction of sp³-hybridized carbons (Fsp3) is 0.438. The third-order valence-corrected chi connectivity index (χ3v) is 10.5. The Morgan fingerprint density at radius 3 is 2.42 bits per heavy atom. The highest BCUT2D eigenvalue weighted by Crippen LogP contribution is 2.47. The number of benzene rings is 2. The number of amides is 2. The minimum atomic E-state index is -4.22. The van der Waals surface area contributed by atoms with Gasteiger partial charge in [-0.15, -0.1) is 0 Å². The van der Waals surface area contributed by atoms with Gasteiger partial charge in [0.1, 0.15) is 5.69 Å². The number of H-pyrrole nitrogens is 2. The Kier molecular flexibility index (Phi) is 8.35. The first-order valence-corrected chi connectivity index (χ1v) is 16.5. The van der Waals surface area contributed by atoms with Crippen molar-refractivity contribution in [1.29, 1.82) is 0 Å². The van der Waals surface area contributed by atoms with Gasteiger partial charge in [-0.3, -0.25) is 24.6 Å². The smallest absolute Gasteiger partial charge is 0.370 e. The van der Waals surface area contributed by atoms with Crippen LogP contribution < -0.4 is 26.4 Å². The predicted octanol–water partition coefficient (Wildman–Crippen LogP) is 5.88. The Balaban J connectivity index is 1.14. The molecule has 0 bridgehead atoms. The summed E-state index contributed by atoms with van der Waals surface area (Å²) in [5.74, 6) is -0.546. The Bertz CT molecular complexity index is 1950. The third-order valence-electron chi connectivity index (χ3n) is 9.78. The van der Waals surface area contributed by atoms with Crippen LogP contribution in [-0.4, -0.2) is 56.9 Å². The number of alkyl halides is 3. The number of aryl methyl sites for hydroxylation is 1. The number of nitrogens with one attached hydrogen (secondary N) is 5. The zero-order chi connectivity index (χ0) is 33.9. The largest absolute Gasteiger partial charge is 0.391 e.